The van der Waals surface area contributed by atoms with Crippen molar-refractivity contribution in [2.24, 2.45) is 11.3 Å². The molecule has 0 aromatic heterocycles. The second-order valence-corrected chi connectivity index (χ2v) is 5.16. The lowest BCUT2D eigenvalue weighted by Crippen LogP contribution is -2.23. The molecule has 0 aromatic carbocycles. The third kappa shape index (κ3) is 1.66. The fourth-order valence-electron chi connectivity index (χ4n) is 2.71. The summed E-state index contributed by atoms with van der Waals surface area (Å²) < 4.78 is 0. The fourth-order valence-corrected chi connectivity index (χ4v) is 2.71. The van der Waals surface area contributed by atoms with Gasteiger partial charge in [-0.3, -0.25) is 0 Å². The van der Waals surface area contributed by atoms with Gasteiger partial charge in [-0.25, -0.2) is 0 Å². The lowest BCUT2D eigenvalue weighted by Gasteiger charge is -2.33. The van der Waals surface area contributed by atoms with Crippen LogP contribution in [-0.4, -0.2) is 11.2 Å². The van der Waals surface area contributed by atoms with Gasteiger partial charge in [0.05, 0.1) is 6.10 Å². The Morgan fingerprint density at radius 1 is 1.29 bits per heavy atom. The average Bonchev–Trinajstić information content (AvgIpc) is 2.72. The topological polar surface area (TPSA) is 20.2 Å². The van der Waals surface area contributed by atoms with Gasteiger partial charge in [0.15, 0.2) is 0 Å². The summed E-state index contributed by atoms with van der Waals surface area (Å²) in [7, 11) is 0. The number of rotatable bonds is 2. The van der Waals surface area contributed by atoms with E-state index in [2.05, 4.69) is 32.1 Å². The number of hydrogen-bond acceptors (Lipinski definition) is 1. The molecule has 78 valence electrons. The lowest BCUT2D eigenvalue weighted by molar-refractivity contribution is 0.223. The number of allylic oxidation sites excluding steroid dienone is 3. The molecule has 0 aliphatic heterocycles. The van der Waals surface area contributed by atoms with Gasteiger partial charge in [0.2, 0.25) is 0 Å². The van der Waals surface area contributed by atoms with Crippen LogP contribution in [0.4, 0.5) is 0 Å². The number of hydrogen-bond donors (Lipinski definition) is 1. The highest BCUT2D eigenvalue weighted by molar-refractivity contribution is 5.22. The van der Waals surface area contributed by atoms with E-state index in [4.69, 9.17) is 0 Å². The van der Waals surface area contributed by atoms with E-state index in [1.807, 2.05) is 0 Å². The van der Waals surface area contributed by atoms with Crippen molar-refractivity contribution in [1.29, 1.82) is 0 Å². The molecule has 1 unspecified atom stereocenters. The fraction of sp³-hybridized carbons (Fsp3) is 0.692. The predicted octanol–water partition coefficient (Wildman–Crippen LogP) is 3.06. The largest absolute Gasteiger partial charge is 0.389 e. The smallest absolute Gasteiger partial charge is 0.0726 e. The molecule has 0 fully saturated rings. The first-order valence-electron chi connectivity index (χ1n) is 5.65. The molecule has 1 atom stereocenters. The maximum atomic E-state index is 9.51. The Labute approximate surface area is 86.5 Å². The minimum absolute atomic E-state index is 0.182. The molecular formula is C13H20O. The second-order valence-electron chi connectivity index (χ2n) is 5.16. The van der Waals surface area contributed by atoms with E-state index in [1.54, 1.807) is 0 Å². The Hall–Kier alpha value is -0.560. The molecule has 2 rings (SSSR count). The number of aliphatic hydroxyl groups excluding tert-OH is 1. The standard InChI is InChI=1S/C13H20O/c1-13(2,10-5-3-4-6-10)11-7-8-12(14)9-11/h3-4,9-10,12,14H,5-8H2,1-2H3. The summed E-state index contributed by atoms with van der Waals surface area (Å²) in [6.07, 6.45) is 10.9. The van der Waals surface area contributed by atoms with Crippen molar-refractivity contribution < 1.29 is 5.11 Å². The zero-order valence-corrected chi connectivity index (χ0v) is 9.16. The van der Waals surface area contributed by atoms with Crippen molar-refractivity contribution >= 4 is 0 Å². The van der Waals surface area contributed by atoms with Gasteiger partial charge in [-0.1, -0.05) is 37.6 Å². The van der Waals surface area contributed by atoms with Crippen LogP contribution in [0.15, 0.2) is 23.8 Å². The van der Waals surface area contributed by atoms with Gasteiger partial charge in [-0.05, 0) is 37.0 Å². The van der Waals surface area contributed by atoms with Crippen LogP contribution in [0.2, 0.25) is 0 Å². The maximum absolute atomic E-state index is 9.51. The van der Waals surface area contributed by atoms with Crippen LogP contribution in [0.3, 0.4) is 0 Å². The van der Waals surface area contributed by atoms with Gasteiger partial charge in [0.25, 0.3) is 0 Å². The molecule has 0 saturated carbocycles. The van der Waals surface area contributed by atoms with Crippen molar-refractivity contribution in [3.05, 3.63) is 23.8 Å². The average molecular weight is 192 g/mol. The van der Waals surface area contributed by atoms with E-state index < -0.39 is 0 Å². The van der Waals surface area contributed by atoms with Crippen LogP contribution in [0, 0.1) is 11.3 Å². The third-order valence-electron chi connectivity index (χ3n) is 3.96. The van der Waals surface area contributed by atoms with E-state index in [0.717, 1.165) is 18.8 Å². The van der Waals surface area contributed by atoms with E-state index >= 15 is 0 Å². The highest BCUT2D eigenvalue weighted by Crippen LogP contribution is 2.45. The zero-order valence-electron chi connectivity index (χ0n) is 9.16. The molecule has 0 bridgehead atoms. The van der Waals surface area contributed by atoms with Crippen LogP contribution in [0.1, 0.15) is 39.5 Å². The Balaban J connectivity index is 2.11. The molecule has 0 radical (unpaired) electrons. The van der Waals surface area contributed by atoms with Crippen molar-refractivity contribution in [2.75, 3.05) is 0 Å². The van der Waals surface area contributed by atoms with Gasteiger partial charge in [0.1, 0.15) is 0 Å². The van der Waals surface area contributed by atoms with Gasteiger partial charge >= 0.3 is 0 Å². The molecule has 2 aliphatic rings. The molecule has 0 spiro atoms. The quantitative estimate of drug-likeness (QED) is 0.667. The number of aliphatic hydroxyl groups is 1. The zero-order chi connectivity index (χ0) is 10.2. The molecule has 0 amide bonds. The van der Waals surface area contributed by atoms with Crippen LogP contribution < -0.4 is 0 Å². The minimum atomic E-state index is -0.182. The summed E-state index contributed by atoms with van der Waals surface area (Å²) in [5.41, 5.74) is 1.75. The van der Waals surface area contributed by atoms with E-state index in [9.17, 15) is 5.11 Å². The Kier molecular flexibility index (Phi) is 2.52. The molecule has 14 heavy (non-hydrogen) atoms. The Morgan fingerprint density at radius 3 is 2.43 bits per heavy atom. The summed E-state index contributed by atoms with van der Waals surface area (Å²) in [6.45, 7) is 4.66. The third-order valence-corrected chi connectivity index (χ3v) is 3.96. The molecular weight excluding hydrogens is 172 g/mol. The van der Waals surface area contributed by atoms with Gasteiger partial charge in [-0.15, -0.1) is 0 Å². The van der Waals surface area contributed by atoms with Crippen LogP contribution >= 0.6 is 0 Å². The minimum Gasteiger partial charge on any atom is -0.389 e. The molecule has 1 heteroatoms. The highest BCUT2D eigenvalue weighted by Gasteiger charge is 2.35. The van der Waals surface area contributed by atoms with Crippen LogP contribution in [-0.2, 0) is 0 Å². The summed E-state index contributed by atoms with van der Waals surface area (Å²) in [5.74, 6) is 0.749. The van der Waals surface area contributed by atoms with E-state index in [-0.39, 0.29) is 11.5 Å². The Bertz CT molecular complexity index is 265. The van der Waals surface area contributed by atoms with Gasteiger partial charge < -0.3 is 5.11 Å². The van der Waals surface area contributed by atoms with Crippen molar-refractivity contribution in [1.82, 2.24) is 0 Å². The van der Waals surface area contributed by atoms with Crippen LogP contribution in [0.25, 0.3) is 0 Å². The highest BCUT2D eigenvalue weighted by atomic mass is 16.3. The van der Waals surface area contributed by atoms with E-state index in [0.29, 0.717) is 0 Å². The van der Waals surface area contributed by atoms with Crippen molar-refractivity contribution in [2.45, 2.75) is 45.6 Å². The summed E-state index contributed by atoms with van der Waals surface area (Å²) in [4.78, 5) is 0. The molecule has 0 saturated heterocycles. The van der Waals surface area contributed by atoms with Gasteiger partial charge in [-0.2, -0.15) is 0 Å². The van der Waals surface area contributed by atoms with Crippen LogP contribution in [0.5, 0.6) is 0 Å². The summed E-state index contributed by atoms with van der Waals surface area (Å²) in [5, 5.41) is 9.51. The van der Waals surface area contributed by atoms with Gasteiger partial charge in [0, 0.05) is 0 Å². The normalized spacial score (nSPS) is 28.5. The Morgan fingerprint density at radius 2 is 1.93 bits per heavy atom. The summed E-state index contributed by atoms with van der Waals surface area (Å²) >= 11 is 0. The SMILES string of the molecule is CC(C)(C1=CC(O)CC1)C1CC=CC1. The maximum Gasteiger partial charge on any atom is 0.0726 e. The van der Waals surface area contributed by atoms with E-state index in [1.165, 1.54) is 18.4 Å². The molecule has 0 aromatic rings. The lowest BCUT2D eigenvalue weighted by atomic mass is 9.71. The predicted molar refractivity (Wildman–Crippen MR) is 59.0 cm³/mol. The second kappa shape index (κ2) is 3.54. The molecule has 0 heterocycles. The first kappa shape index (κ1) is 9.97. The first-order valence-corrected chi connectivity index (χ1v) is 5.65. The first-order chi connectivity index (χ1) is 6.60. The monoisotopic (exact) mass is 192 g/mol. The van der Waals surface area contributed by atoms with Crippen molar-refractivity contribution in [3.63, 3.8) is 0 Å². The molecule has 1 nitrogen and oxygen atoms in total. The van der Waals surface area contributed by atoms with Crippen molar-refractivity contribution in [3.8, 4) is 0 Å². The molecule has 2 aliphatic carbocycles. The molecule has 1 N–H and O–H groups in total. The summed E-state index contributed by atoms with van der Waals surface area (Å²) in [6, 6.07) is 0.